The Morgan fingerprint density at radius 1 is 1.50 bits per heavy atom. The number of thiophene rings is 1. The predicted molar refractivity (Wildman–Crippen MR) is 53.8 cm³/mol. The van der Waals surface area contributed by atoms with Crippen LogP contribution in [0.5, 0.6) is 0 Å². The highest BCUT2D eigenvalue weighted by Gasteiger charge is 2.18. The van der Waals surface area contributed by atoms with E-state index in [4.69, 9.17) is 0 Å². The monoisotopic (exact) mass is 181 g/mol. The third-order valence-electron chi connectivity index (χ3n) is 2.52. The zero-order chi connectivity index (χ0) is 8.55. The van der Waals surface area contributed by atoms with Crippen molar-refractivity contribution in [2.24, 2.45) is 0 Å². The van der Waals surface area contributed by atoms with Gasteiger partial charge < -0.3 is 5.32 Å². The van der Waals surface area contributed by atoms with E-state index in [0.29, 0.717) is 6.04 Å². The minimum atomic E-state index is 0.648. The van der Waals surface area contributed by atoms with Crippen LogP contribution in [0.3, 0.4) is 0 Å². The molecule has 0 aromatic carbocycles. The third kappa shape index (κ3) is 1.41. The van der Waals surface area contributed by atoms with Gasteiger partial charge in [0.2, 0.25) is 0 Å². The molecule has 1 saturated heterocycles. The molecule has 2 rings (SSSR count). The Kier molecular flexibility index (Phi) is 2.20. The van der Waals surface area contributed by atoms with Crippen LogP contribution in [0.25, 0.3) is 0 Å². The lowest BCUT2D eigenvalue weighted by Crippen LogP contribution is -2.12. The summed E-state index contributed by atoms with van der Waals surface area (Å²) in [5, 5.41) is 3.53. The summed E-state index contributed by atoms with van der Waals surface area (Å²) < 4.78 is 0. The van der Waals surface area contributed by atoms with Crippen molar-refractivity contribution in [2.45, 2.75) is 32.7 Å². The van der Waals surface area contributed by atoms with Crippen molar-refractivity contribution in [3.05, 3.63) is 21.4 Å². The van der Waals surface area contributed by atoms with E-state index in [2.05, 4.69) is 25.2 Å². The number of hydrogen-bond donors (Lipinski definition) is 1. The molecule has 2 heterocycles. The van der Waals surface area contributed by atoms with Gasteiger partial charge >= 0.3 is 0 Å². The number of nitrogens with one attached hydrogen (secondary N) is 1. The molecule has 2 heteroatoms. The molecule has 0 amide bonds. The van der Waals surface area contributed by atoms with E-state index in [9.17, 15) is 0 Å². The second kappa shape index (κ2) is 3.19. The first-order valence-corrected chi connectivity index (χ1v) is 5.39. The van der Waals surface area contributed by atoms with Crippen molar-refractivity contribution in [1.29, 1.82) is 0 Å². The molecule has 0 bridgehead atoms. The third-order valence-corrected chi connectivity index (χ3v) is 3.50. The maximum absolute atomic E-state index is 3.53. The second-order valence-corrected chi connectivity index (χ2v) is 4.98. The van der Waals surface area contributed by atoms with Gasteiger partial charge in [-0.1, -0.05) is 0 Å². The first-order chi connectivity index (χ1) is 5.77. The van der Waals surface area contributed by atoms with Crippen LogP contribution in [0.4, 0.5) is 0 Å². The average Bonchev–Trinajstić information content (AvgIpc) is 2.58. The fourth-order valence-electron chi connectivity index (χ4n) is 1.95. The molecule has 1 N–H and O–H groups in total. The molecule has 0 radical (unpaired) electrons. The summed E-state index contributed by atoms with van der Waals surface area (Å²) in [5.41, 5.74) is 1.54. The Balaban J connectivity index is 2.25. The summed E-state index contributed by atoms with van der Waals surface area (Å²) in [4.78, 5) is 2.93. The summed E-state index contributed by atoms with van der Waals surface area (Å²) in [6.07, 6.45) is 2.65. The van der Waals surface area contributed by atoms with Crippen LogP contribution >= 0.6 is 11.3 Å². The van der Waals surface area contributed by atoms with E-state index in [1.807, 2.05) is 11.3 Å². The molecule has 1 aliphatic heterocycles. The summed E-state index contributed by atoms with van der Waals surface area (Å²) in [6.45, 7) is 5.61. The van der Waals surface area contributed by atoms with E-state index >= 15 is 0 Å². The maximum Gasteiger partial charge on any atom is 0.0331 e. The quantitative estimate of drug-likeness (QED) is 0.702. The van der Waals surface area contributed by atoms with Gasteiger partial charge in [-0.05, 0) is 44.9 Å². The first kappa shape index (κ1) is 8.27. The lowest BCUT2D eigenvalue weighted by molar-refractivity contribution is 0.646. The second-order valence-electron chi connectivity index (χ2n) is 3.52. The molecule has 0 unspecified atom stereocenters. The van der Waals surface area contributed by atoms with Crippen molar-refractivity contribution in [2.75, 3.05) is 6.54 Å². The van der Waals surface area contributed by atoms with Gasteiger partial charge in [-0.25, -0.2) is 0 Å². The fraction of sp³-hybridized carbons (Fsp3) is 0.600. The standard InChI is InChI=1S/C10H15NS/c1-7-6-9(8(2)12-7)10-4-3-5-11-10/h6,10-11H,3-5H2,1-2H3/t10-/m1/s1. The molecule has 1 aliphatic rings. The normalized spacial score (nSPS) is 23.3. The molecule has 0 saturated carbocycles. The SMILES string of the molecule is Cc1cc([C@H]2CCCN2)c(C)s1. The smallest absolute Gasteiger partial charge is 0.0331 e. The van der Waals surface area contributed by atoms with Gasteiger partial charge in [-0.2, -0.15) is 0 Å². The number of hydrogen-bond acceptors (Lipinski definition) is 2. The van der Waals surface area contributed by atoms with Crippen LogP contribution < -0.4 is 5.32 Å². The van der Waals surface area contributed by atoms with Crippen molar-refractivity contribution in [3.63, 3.8) is 0 Å². The Bertz CT molecular complexity index is 271. The molecule has 1 aromatic heterocycles. The lowest BCUT2D eigenvalue weighted by atomic mass is 10.1. The Morgan fingerprint density at radius 3 is 2.83 bits per heavy atom. The molecule has 66 valence electrons. The van der Waals surface area contributed by atoms with Crippen LogP contribution in [-0.4, -0.2) is 6.54 Å². The molecule has 1 atom stereocenters. The van der Waals surface area contributed by atoms with Gasteiger partial charge in [0.05, 0.1) is 0 Å². The van der Waals surface area contributed by atoms with Crippen LogP contribution in [-0.2, 0) is 0 Å². The van der Waals surface area contributed by atoms with Crippen molar-refractivity contribution in [1.82, 2.24) is 5.32 Å². The Hall–Kier alpha value is -0.340. The average molecular weight is 181 g/mol. The maximum atomic E-state index is 3.53. The van der Waals surface area contributed by atoms with Gasteiger partial charge in [0.15, 0.2) is 0 Å². The predicted octanol–water partition coefficient (Wildman–Crippen LogP) is 2.79. The molecule has 0 spiro atoms. The van der Waals surface area contributed by atoms with Gasteiger partial charge in [-0.15, -0.1) is 11.3 Å². The highest BCUT2D eigenvalue weighted by Crippen LogP contribution is 2.30. The van der Waals surface area contributed by atoms with Gasteiger partial charge in [0.1, 0.15) is 0 Å². The van der Waals surface area contributed by atoms with E-state index in [0.717, 1.165) is 0 Å². The van der Waals surface area contributed by atoms with Crippen molar-refractivity contribution < 1.29 is 0 Å². The van der Waals surface area contributed by atoms with E-state index in [1.54, 1.807) is 0 Å². The van der Waals surface area contributed by atoms with E-state index in [-0.39, 0.29) is 0 Å². The molecule has 1 aromatic rings. The summed E-state index contributed by atoms with van der Waals surface area (Å²) >= 11 is 1.92. The molecule has 12 heavy (non-hydrogen) atoms. The molecule has 1 nitrogen and oxygen atoms in total. The largest absolute Gasteiger partial charge is 0.310 e. The summed E-state index contributed by atoms with van der Waals surface area (Å²) in [7, 11) is 0. The first-order valence-electron chi connectivity index (χ1n) is 4.57. The van der Waals surface area contributed by atoms with Gasteiger partial charge in [-0.3, -0.25) is 0 Å². The summed E-state index contributed by atoms with van der Waals surface area (Å²) in [6, 6.07) is 2.98. The topological polar surface area (TPSA) is 12.0 Å². The van der Waals surface area contributed by atoms with Crippen LogP contribution in [0, 0.1) is 13.8 Å². The highest BCUT2D eigenvalue weighted by molar-refractivity contribution is 7.12. The molecule has 1 fully saturated rings. The zero-order valence-electron chi connectivity index (χ0n) is 7.68. The minimum Gasteiger partial charge on any atom is -0.310 e. The molecular weight excluding hydrogens is 166 g/mol. The zero-order valence-corrected chi connectivity index (χ0v) is 8.50. The number of aryl methyl sites for hydroxylation is 2. The van der Waals surface area contributed by atoms with E-state index < -0.39 is 0 Å². The molecule has 0 aliphatic carbocycles. The Morgan fingerprint density at radius 2 is 2.33 bits per heavy atom. The lowest BCUT2D eigenvalue weighted by Gasteiger charge is -2.08. The van der Waals surface area contributed by atoms with Gasteiger partial charge in [0.25, 0.3) is 0 Å². The van der Waals surface area contributed by atoms with Crippen LogP contribution in [0.15, 0.2) is 6.07 Å². The minimum absolute atomic E-state index is 0.648. The van der Waals surface area contributed by atoms with Crippen molar-refractivity contribution in [3.8, 4) is 0 Å². The van der Waals surface area contributed by atoms with Crippen molar-refractivity contribution >= 4 is 11.3 Å². The summed E-state index contributed by atoms with van der Waals surface area (Å²) in [5.74, 6) is 0. The highest BCUT2D eigenvalue weighted by atomic mass is 32.1. The van der Waals surface area contributed by atoms with Crippen LogP contribution in [0.1, 0.15) is 34.2 Å². The van der Waals surface area contributed by atoms with Crippen LogP contribution in [0.2, 0.25) is 0 Å². The van der Waals surface area contributed by atoms with E-state index in [1.165, 1.54) is 34.7 Å². The number of rotatable bonds is 1. The Labute approximate surface area is 77.8 Å². The fourth-order valence-corrected chi connectivity index (χ4v) is 2.93. The van der Waals surface area contributed by atoms with Gasteiger partial charge in [0, 0.05) is 15.8 Å². The molecular formula is C10H15NS.